The van der Waals surface area contributed by atoms with Gasteiger partial charge < -0.3 is 4.90 Å². The van der Waals surface area contributed by atoms with Crippen LogP contribution in [0.2, 0.25) is 0 Å². The van der Waals surface area contributed by atoms with E-state index in [1.807, 2.05) is 37.8 Å². The van der Waals surface area contributed by atoms with Crippen LogP contribution < -0.4 is 0 Å². The van der Waals surface area contributed by atoms with Crippen LogP contribution in [0.25, 0.3) is 0 Å². The summed E-state index contributed by atoms with van der Waals surface area (Å²) in [5.41, 5.74) is 3.11. The molecule has 1 aromatic rings. The van der Waals surface area contributed by atoms with E-state index in [0.717, 1.165) is 42.6 Å². The van der Waals surface area contributed by atoms with E-state index < -0.39 is 0 Å². The molecule has 1 aliphatic rings. The molecule has 1 heterocycles. The summed E-state index contributed by atoms with van der Waals surface area (Å²) in [6, 6.07) is 6.05. The minimum Gasteiger partial charge on any atom is -0.339 e. The Hall–Kier alpha value is -1.02. The molecule has 1 fully saturated rings. The number of hydrogen-bond donors (Lipinski definition) is 0. The maximum Gasteiger partial charge on any atom is 0.253 e. The van der Waals surface area contributed by atoms with Crippen molar-refractivity contribution >= 4 is 17.5 Å². The Morgan fingerprint density at radius 1 is 1.21 bits per heavy atom. The van der Waals surface area contributed by atoms with E-state index >= 15 is 0 Å². The number of rotatable bonds is 2. The van der Waals surface area contributed by atoms with Gasteiger partial charge in [-0.25, -0.2) is 0 Å². The van der Waals surface area contributed by atoms with Crippen molar-refractivity contribution in [2.75, 3.05) is 13.1 Å². The van der Waals surface area contributed by atoms with Crippen LogP contribution in [-0.4, -0.2) is 29.3 Å². The SMILES string of the molecule is Cc1cc(C)cc(C(=O)N2CCC(C(C)Cl)CC2)c1. The molecule has 1 saturated heterocycles. The molecule has 0 aliphatic carbocycles. The highest BCUT2D eigenvalue weighted by Gasteiger charge is 2.26. The van der Waals surface area contributed by atoms with Crippen LogP contribution in [0, 0.1) is 19.8 Å². The Morgan fingerprint density at radius 3 is 2.21 bits per heavy atom. The second-order valence-corrected chi connectivity index (χ2v) is 6.37. The minimum atomic E-state index is 0.160. The first-order valence-corrected chi connectivity index (χ1v) is 7.42. The molecule has 1 aromatic carbocycles. The summed E-state index contributed by atoms with van der Waals surface area (Å²) >= 11 is 6.14. The number of nitrogens with zero attached hydrogens (tertiary/aromatic N) is 1. The quantitative estimate of drug-likeness (QED) is 0.755. The third-order valence-corrected chi connectivity index (χ3v) is 4.30. The average molecular weight is 280 g/mol. The number of alkyl halides is 1. The summed E-state index contributed by atoms with van der Waals surface area (Å²) in [4.78, 5) is 14.4. The Labute approximate surface area is 120 Å². The molecule has 1 amide bonds. The molecule has 104 valence electrons. The van der Waals surface area contributed by atoms with Gasteiger partial charge in [0, 0.05) is 24.0 Å². The number of carbonyl (C=O) groups excluding carboxylic acids is 1. The van der Waals surface area contributed by atoms with Crippen LogP contribution in [0.15, 0.2) is 18.2 Å². The Balaban J connectivity index is 2.05. The van der Waals surface area contributed by atoms with Crippen LogP contribution >= 0.6 is 11.6 Å². The van der Waals surface area contributed by atoms with Gasteiger partial charge in [-0.15, -0.1) is 11.6 Å². The molecule has 19 heavy (non-hydrogen) atoms. The van der Waals surface area contributed by atoms with Gasteiger partial charge in [0.15, 0.2) is 0 Å². The molecule has 0 bridgehead atoms. The molecular weight excluding hydrogens is 258 g/mol. The lowest BCUT2D eigenvalue weighted by Crippen LogP contribution is -2.40. The second-order valence-electron chi connectivity index (χ2n) is 5.68. The number of carbonyl (C=O) groups is 1. The first-order valence-electron chi connectivity index (χ1n) is 6.99. The third-order valence-electron chi connectivity index (χ3n) is 3.95. The number of likely N-dealkylation sites (tertiary alicyclic amines) is 1. The van der Waals surface area contributed by atoms with E-state index in [2.05, 4.69) is 6.07 Å². The highest BCUT2D eigenvalue weighted by atomic mass is 35.5. The van der Waals surface area contributed by atoms with E-state index in [-0.39, 0.29) is 11.3 Å². The standard InChI is InChI=1S/C16H22ClNO/c1-11-8-12(2)10-15(9-11)16(19)18-6-4-14(5-7-18)13(3)17/h8-10,13-14H,4-7H2,1-3H3. The van der Waals surface area contributed by atoms with Gasteiger partial charge in [-0.1, -0.05) is 17.2 Å². The number of aryl methyl sites for hydroxylation is 2. The highest BCUT2D eigenvalue weighted by Crippen LogP contribution is 2.25. The van der Waals surface area contributed by atoms with E-state index in [4.69, 9.17) is 11.6 Å². The predicted octanol–water partition coefficient (Wildman–Crippen LogP) is 3.78. The second kappa shape index (κ2) is 5.96. The fourth-order valence-corrected chi connectivity index (χ4v) is 3.09. The van der Waals surface area contributed by atoms with Gasteiger partial charge in [-0.3, -0.25) is 4.79 Å². The van der Waals surface area contributed by atoms with Crippen LogP contribution in [0.4, 0.5) is 0 Å². The lowest BCUT2D eigenvalue weighted by atomic mass is 9.93. The molecule has 3 heteroatoms. The predicted molar refractivity (Wildman–Crippen MR) is 79.9 cm³/mol. The van der Waals surface area contributed by atoms with E-state index in [9.17, 15) is 4.79 Å². The Morgan fingerprint density at radius 2 is 1.74 bits per heavy atom. The van der Waals surface area contributed by atoms with Crippen LogP contribution in [-0.2, 0) is 0 Å². The molecule has 2 rings (SSSR count). The van der Waals surface area contributed by atoms with Gasteiger partial charge in [-0.2, -0.15) is 0 Å². The maximum absolute atomic E-state index is 12.5. The highest BCUT2D eigenvalue weighted by molar-refractivity contribution is 6.20. The zero-order chi connectivity index (χ0) is 14.0. The lowest BCUT2D eigenvalue weighted by Gasteiger charge is -2.33. The first-order chi connectivity index (χ1) is 8.97. The Bertz CT molecular complexity index is 442. The number of amides is 1. The van der Waals surface area contributed by atoms with Crippen molar-refractivity contribution in [1.82, 2.24) is 4.90 Å². The molecule has 0 N–H and O–H groups in total. The normalized spacial score (nSPS) is 18.4. The summed E-state index contributed by atoms with van der Waals surface area (Å²) in [5.74, 6) is 0.706. The van der Waals surface area contributed by atoms with E-state index in [1.165, 1.54) is 0 Å². The van der Waals surface area contributed by atoms with Crippen molar-refractivity contribution < 1.29 is 4.79 Å². The average Bonchev–Trinajstić information content (AvgIpc) is 2.37. The minimum absolute atomic E-state index is 0.160. The molecule has 0 spiro atoms. The summed E-state index contributed by atoms with van der Waals surface area (Å²) in [6.07, 6.45) is 2.03. The molecule has 0 radical (unpaired) electrons. The van der Waals surface area contributed by atoms with Gasteiger partial charge >= 0.3 is 0 Å². The molecule has 1 unspecified atom stereocenters. The fraction of sp³-hybridized carbons (Fsp3) is 0.562. The smallest absolute Gasteiger partial charge is 0.253 e. The van der Waals surface area contributed by atoms with Crippen molar-refractivity contribution in [3.05, 3.63) is 34.9 Å². The number of halogens is 1. The van der Waals surface area contributed by atoms with Crippen molar-refractivity contribution in [2.24, 2.45) is 5.92 Å². The third kappa shape index (κ3) is 3.50. The number of piperidine rings is 1. The van der Waals surface area contributed by atoms with E-state index in [0.29, 0.717) is 5.92 Å². The van der Waals surface area contributed by atoms with Gasteiger partial charge in [0.2, 0.25) is 0 Å². The maximum atomic E-state index is 12.5. The van der Waals surface area contributed by atoms with Crippen LogP contribution in [0.3, 0.4) is 0 Å². The van der Waals surface area contributed by atoms with Crippen molar-refractivity contribution in [2.45, 2.75) is 39.0 Å². The lowest BCUT2D eigenvalue weighted by molar-refractivity contribution is 0.0690. The van der Waals surface area contributed by atoms with Crippen molar-refractivity contribution in [1.29, 1.82) is 0 Å². The number of benzene rings is 1. The monoisotopic (exact) mass is 279 g/mol. The zero-order valence-electron chi connectivity index (χ0n) is 11.9. The van der Waals surface area contributed by atoms with Crippen molar-refractivity contribution in [3.63, 3.8) is 0 Å². The summed E-state index contributed by atoms with van der Waals surface area (Å²) in [5, 5.41) is 0.207. The fourth-order valence-electron chi connectivity index (χ4n) is 2.84. The molecule has 0 saturated carbocycles. The number of hydrogen-bond acceptors (Lipinski definition) is 1. The summed E-state index contributed by atoms with van der Waals surface area (Å²) in [6.45, 7) is 7.77. The summed E-state index contributed by atoms with van der Waals surface area (Å²) < 4.78 is 0. The van der Waals surface area contributed by atoms with Gasteiger partial charge in [0.1, 0.15) is 0 Å². The van der Waals surface area contributed by atoms with Crippen LogP contribution in [0.1, 0.15) is 41.3 Å². The van der Waals surface area contributed by atoms with Gasteiger partial charge in [-0.05, 0) is 51.7 Å². The first kappa shape index (κ1) is 14.4. The largest absolute Gasteiger partial charge is 0.339 e. The zero-order valence-corrected chi connectivity index (χ0v) is 12.7. The molecule has 1 atom stereocenters. The topological polar surface area (TPSA) is 20.3 Å². The van der Waals surface area contributed by atoms with Crippen molar-refractivity contribution in [3.8, 4) is 0 Å². The van der Waals surface area contributed by atoms with Gasteiger partial charge in [0.05, 0.1) is 0 Å². The molecule has 0 aromatic heterocycles. The van der Waals surface area contributed by atoms with Gasteiger partial charge in [0.25, 0.3) is 5.91 Å². The molecule has 1 aliphatic heterocycles. The molecule has 2 nitrogen and oxygen atoms in total. The van der Waals surface area contributed by atoms with Crippen LogP contribution in [0.5, 0.6) is 0 Å². The van der Waals surface area contributed by atoms with E-state index in [1.54, 1.807) is 0 Å². The molecular formula is C16H22ClNO. The Kier molecular flexibility index (Phi) is 4.51. The summed E-state index contributed by atoms with van der Waals surface area (Å²) in [7, 11) is 0.